The van der Waals surface area contributed by atoms with Crippen molar-refractivity contribution in [2.24, 2.45) is 0 Å². The van der Waals surface area contributed by atoms with Crippen LogP contribution in [0.15, 0.2) is 64.4 Å². The van der Waals surface area contributed by atoms with Crippen molar-refractivity contribution in [3.63, 3.8) is 0 Å². The van der Waals surface area contributed by atoms with Crippen LogP contribution in [0.5, 0.6) is 0 Å². The van der Waals surface area contributed by atoms with Gasteiger partial charge in [0.15, 0.2) is 11.2 Å². The molecule has 0 saturated heterocycles. The quantitative estimate of drug-likeness (QED) is 0.452. The summed E-state index contributed by atoms with van der Waals surface area (Å²) in [5.74, 6) is 0. The molecule has 0 atom stereocenters. The molecule has 2 aromatic heterocycles. The number of nitriles is 1. The van der Waals surface area contributed by atoms with Crippen LogP contribution in [0.1, 0.15) is 49.3 Å². The molecule has 8 heteroatoms. The third-order valence-corrected chi connectivity index (χ3v) is 6.61. The van der Waals surface area contributed by atoms with E-state index in [0.29, 0.717) is 28.3 Å². The van der Waals surface area contributed by atoms with E-state index >= 15 is 0 Å². The molecule has 1 aliphatic rings. The molecular formula is C25H22ClN5O2. The van der Waals surface area contributed by atoms with Gasteiger partial charge in [-0.15, -0.1) is 0 Å². The van der Waals surface area contributed by atoms with Crippen LogP contribution in [0.25, 0.3) is 16.9 Å². The second-order valence-corrected chi connectivity index (χ2v) is 8.80. The summed E-state index contributed by atoms with van der Waals surface area (Å²) >= 11 is 6.47. The number of benzene rings is 2. The van der Waals surface area contributed by atoms with Gasteiger partial charge in [-0.2, -0.15) is 5.26 Å². The van der Waals surface area contributed by atoms with E-state index < -0.39 is 5.69 Å². The molecule has 2 heterocycles. The minimum absolute atomic E-state index is 0.151. The zero-order chi connectivity index (χ0) is 22.9. The SMILES string of the molecule is N#Cc1cccc(Cn2cnc3c2c(=O)n(C2CCCCC2)c(=O)n3-c2ccccc2Cl)c1. The van der Waals surface area contributed by atoms with Crippen LogP contribution in [0.4, 0.5) is 0 Å². The van der Waals surface area contributed by atoms with Crippen LogP contribution in [0.3, 0.4) is 0 Å². The molecule has 0 amide bonds. The summed E-state index contributed by atoms with van der Waals surface area (Å²) in [6, 6.07) is 16.3. The lowest BCUT2D eigenvalue weighted by molar-refractivity contribution is 0.335. The lowest BCUT2D eigenvalue weighted by atomic mass is 9.95. The van der Waals surface area contributed by atoms with Gasteiger partial charge in [-0.25, -0.2) is 14.3 Å². The maximum atomic E-state index is 13.7. The van der Waals surface area contributed by atoms with Gasteiger partial charge < -0.3 is 4.57 Å². The van der Waals surface area contributed by atoms with Crippen molar-refractivity contribution >= 4 is 22.8 Å². The monoisotopic (exact) mass is 459 g/mol. The van der Waals surface area contributed by atoms with Crippen molar-refractivity contribution in [2.45, 2.75) is 44.7 Å². The summed E-state index contributed by atoms with van der Waals surface area (Å²) in [4.78, 5) is 31.9. The van der Waals surface area contributed by atoms with Gasteiger partial charge >= 0.3 is 5.69 Å². The number of nitrogens with zero attached hydrogens (tertiary/aromatic N) is 5. The van der Waals surface area contributed by atoms with Gasteiger partial charge in [0.2, 0.25) is 0 Å². The zero-order valence-corrected chi connectivity index (χ0v) is 18.7. The zero-order valence-electron chi connectivity index (χ0n) is 17.9. The second-order valence-electron chi connectivity index (χ2n) is 8.39. The van der Waals surface area contributed by atoms with Crippen LogP contribution in [-0.4, -0.2) is 18.7 Å². The average Bonchev–Trinajstić information content (AvgIpc) is 3.24. The first-order valence-electron chi connectivity index (χ1n) is 11.0. The van der Waals surface area contributed by atoms with Gasteiger partial charge in [-0.1, -0.05) is 55.1 Å². The molecule has 0 unspecified atom stereocenters. The average molecular weight is 460 g/mol. The van der Waals surface area contributed by atoms with Crippen LogP contribution in [-0.2, 0) is 6.54 Å². The maximum Gasteiger partial charge on any atom is 0.337 e. The largest absolute Gasteiger partial charge is 0.337 e. The lowest BCUT2D eigenvalue weighted by Gasteiger charge is -2.24. The fourth-order valence-electron chi connectivity index (χ4n) is 4.72. The van der Waals surface area contributed by atoms with Crippen molar-refractivity contribution in [1.29, 1.82) is 5.26 Å². The highest BCUT2D eigenvalue weighted by molar-refractivity contribution is 6.32. The Balaban J connectivity index is 1.77. The number of rotatable bonds is 4. The summed E-state index contributed by atoms with van der Waals surface area (Å²) in [6.07, 6.45) is 6.24. The Morgan fingerprint density at radius 2 is 1.85 bits per heavy atom. The highest BCUT2D eigenvalue weighted by Gasteiger charge is 2.25. The Labute approximate surface area is 195 Å². The minimum atomic E-state index is -0.413. The van der Waals surface area contributed by atoms with Crippen molar-refractivity contribution < 1.29 is 0 Å². The third-order valence-electron chi connectivity index (χ3n) is 6.29. The molecule has 0 spiro atoms. The number of para-hydroxylation sites is 1. The van der Waals surface area contributed by atoms with E-state index in [1.807, 2.05) is 12.1 Å². The minimum Gasteiger partial charge on any atom is -0.320 e. The number of hydrogen-bond acceptors (Lipinski definition) is 4. The molecule has 0 aliphatic heterocycles. The Kier molecular flexibility index (Phi) is 5.61. The first kappa shape index (κ1) is 21.2. The van der Waals surface area contributed by atoms with Gasteiger partial charge in [0.05, 0.1) is 28.7 Å². The van der Waals surface area contributed by atoms with E-state index in [1.165, 1.54) is 9.13 Å². The van der Waals surface area contributed by atoms with Gasteiger partial charge in [0.25, 0.3) is 5.56 Å². The fourth-order valence-corrected chi connectivity index (χ4v) is 4.94. The van der Waals surface area contributed by atoms with Crippen molar-refractivity contribution in [2.75, 3.05) is 0 Å². The first-order chi connectivity index (χ1) is 16.1. The lowest BCUT2D eigenvalue weighted by Crippen LogP contribution is -2.43. The van der Waals surface area contributed by atoms with E-state index in [0.717, 1.165) is 37.7 Å². The molecule has 2 aromatic carbocycles. The predicted octanol–water partition coefficient (Wildman–Crippen LogP) is 4.43. The van der Waals surface area contributed by atoms with Gasteiger partial charge in [0, 0.05) is 12.6 Å². The fraction of sp³-hybridized carbons (Fsp3) is 0.280. The normalized spacial score (nSPS) is 14.4. The van der Waals surface area contributed by atoms with Gasteiger partial charge in [0.1, 0.15) is 0 Å². The standard InChI is InChI=1S/C25H22ClN5O2/c26-20-11-4-5-12-21(20)31-23-22(24(32)30(25(31)33)19-9-2-1-3-10-19)29(16-28-23)15-18-8-6-7-17(13-18)14-27/h4-8,11-13,16,19H,1-3,9-10,15H2. The molecule has 1 aliphatic carbocycles. The summed E-state index contributed by atoms with van der Waals surface area (Å²) in [5.41, 5.74) is 1.79. The van der Waals surface area contributed by atoms with Crippen LogP contribution in [0.2, 0.25) is 5.02 Å². The summed E-state index contributed by atoms with van der Waals surface area (Å²) in [5, 5.41) is 9.64. The molecule has 166 valence electrons. The first-order valence-corrected chi connectivity index (χ1v) is 11.4. The van der Waals surface area contributed by atoms with E-state index in [2.05, 4.69) is 11.1 Å². The summed E-state index contributed by atoms with van der Waals surface area (Å²) in [7, 11) is 0. The number of halogens is 1. The summed E-state index contributed by atoms with van der Waals surface area (Å²) in [6.45, 7) is 0.354. The van der Waals surface area contributed by atoms with Crippen LogP contribution >= 0.6 is 11.6 Å². The molecule has 0 N–H and O–H groups in total. The molecule has 5 rings (SSSR count). The Hall–Kier alpha value is -3.63. The number of imidazole rings is 1. The van der Waals surface area contributed by atoms with Gasteiger partial charge in [-0.05, 0) is 42.7 Å². The molecule has 1 fully saturated rings. The number of aromatic nitrogens is 4. The molecular weight excluding hydrogens is 438 g/mol. The molecule has 0 radical (unpaired) electrons. The summed E-state index contributed by atoms with van der Waals surface area (Å²) < 4.78 is 4.60. The Morgan fingerprint density at radius 1 is 1.06 bits per heavy atom. The van der Waals surface area contributed by atoms with Crippen molar-refractivity contribution in [3.05, 3.63) is 91.8 Å². The smallest absolute Gasteiger partial charge is 0.320 e. The number of fused-ring (bicyclic) bond motifs is 1. The van der Waals surface area contributed by atoms with E-state index in [-0.39, 0.29) is 17.2 Å². The van der Waals surface area contributed by atoms with Crippen LogP contribution in [0, 0.1) is 11.3 Å². The molecule has 1 saturated carbocycles. The maximum absolute atomic E-state index is 13.7. The van der Waals surface area contributed by atoms with E-state index in [1.54, 1.807) is 47.3 Å². The Bertz CT molecular complexity index is 1500. The predicted molar refractivity (Wildman–Crippen MR) is 127 cm³/mol. The molecule has 4 aromatic rings. The van der Waals surface area contributed by atoms with E-state index in [4.69, 9.17) is 11.6 Å². The highest BCUT2D eigenvalue weighted by Crippen LogP contribution is 2.27. The van der Waals surface area contributed by atoms with Gasteiger partial charge in [-0.3, -0.25) is 9.36 Å². The molecule has 0 bridgehead atoms. The van der Waals surface area contributed by atoms with Crippen molar-refractivity contribution in [3.8, 4) is 11.8 Å². The van der Waals surface area contributed by atoms with Crippen LogP contribution < -0.4 is 11.2 Å². The second kappa shape index (κ2) is 8.72. The van der Waals surface area contributed by atoms with Crippen molar-refractivity contribution in [1.82, 2.24) is 18.7 Å². The topological polar surface area (TPSA) is 85.6 Å². The Morgan fingerprint density at radius 3 is 2.61 bits per heavy atom. The molecule has 7 nitrogen and oxygen atoms in total. The van der Waals surface area contributed by atoms with E-state index in [9.17, 15) is 14.9 Å². The molecule has 33 heavy (non-hydrogen) atoms. The number of hydrogen-bond donors (Lipinski definition) is 0. The highest BCUT2D eigenvalue weighted by atomic mass is 35.5. The third kappa shape index (κ3) is 3.77.